The smallest absolute Gasteiger partial charge is 0.241 e. The predicted molar refractivity (Wildman–Crippen MR) is 106 cm³/mol. The molecule has 2 rings (SSSR count). The van der Waals surface area contributed by atoms with Gasteiger partial charge in [-0.15, -0.1) is 0 Å². The second-order valence-corrected chi connectivity index (χ2v) is 7.87. The van der Waals surface area contributed by atoms with Crippen LogP contribution in [0.4, 0.5) is 5.69 Å². The van der Waals surface area contributed by atoms with Crippen molar-refractivity contribution in [1.82, 2.24) is 5.32 Å². The molecule has 2 amide bonds. The number of halogens is 1. The number of ether oxygens (including phenoxy) is 1. The fraction of sp³-hybridized carbons (Fsp3) is 0.222. The lowest BCUT2D eigenvalue weighted by atomic mass is 10.0. The summed E-state index contributed by atoms with van der Waals surface area (Å²) in [5.41, 5.74) is 0.810. The Bertz CT molecular complexity index is 994. The lowest BCUT2D eigenvalue weighted by Gasteiger charge is -2.19. The Labute approximate surface area is 168 Å². The minimum absolute atomic E-state index is 0.0627. The van der Waals surface area contributed by atoms with Crippen LogP contribution in [0.2, 0.25) is 5.02 Å². The number of methoxy groups -OCH3 is 1. The largest absolute Gasteiger partial charge is 0.495 e. The maximum atomic E-state index is 12.5. The summed E-state index contributed by atoms with van der Waals surface area (Å²) in [4.78, 5) is 23.8. The Kier molecular flexibility index (Phi) is 7.00. The van der Waals surface area contributed by atoms with Gasteiger partial charge in [0.15, 0.2) is 0 Å². The average Bonchev–Trinajstić information content (AvgIpc) is 2.60. The number of rotatable bonds is 7. The van der Waals surface area contributed by atoms with E-state index in [0.717, 1.165) is 0 Å². The van der Waals surface area contributed by atoms with Crippen LogP contribution < -0.4 is 20.5 Å². The molecular weight excluding hydrogens is 406 g/mol. The summed E-state index contributed by atoms with van der Waals surface area (Å²) < 4.78 is 28.4. The summed E-state index contributed by atoms with van der Waals surface area (Å²) in [6.07, 6.45) is -0.111. The molecule has 150 valence electrons. The summed E-state index contributed by atoms with van der Waals surface area (Å²) in [5, 5.41) is 10.9. The molecule has 0 bridgehead atoms. The van der Waals surface area contributed by atoms with Gasteiger partial charge in [0.1, 0.15) is 10.6 Å². The van der Waals surface area contributed by atoms with Crippen LogP contribution in [0.15, 0.2) is 47.4 Å². The van der Waals surface area contributed by atoms with Crippen molar-refractivity contribution in [3.05, 3.63) is 53.1 Å². The summed E-state index contributed by atoms with van der Waals surface area (Å²) in [5.74, 6) is -0.712. The molecule has 0 aromatic heterocycles. The van der Waals surface area contributed by atoms with Crippen LogP contribution in [-0.4, -0.2) is 27.3 Å². The second-order valence-electron chi connectivity index (χ2n) is 5.94. The average molecular weight is 426 g/mol. The van der Waals surface area contributed by atoms with Gasteiger partial charge >= 0.3 is 0 Å². The molecule has 28 heavy (non-hydrogen) atoms. The monoisotopic (exact) mass is 425 g/mol. The number of nitrogens with one attached hydrogen (secondary N) is 2. The van der Waals surface area contributed by atoms with E-state index >= 15 is 0 Å². The zero-order valence-corrected chi connectivity index (χ0v) is 16.8. The Morgan fingerprint density at radius 2 is 1.89 bits per heavy atom. The first-order valence-corrected chi connectivity index (χ1v) is 10.1. The minimum atomic E-state index is -4.04. The molecule has 0 heterocycles. The third kappa shape index (κ3) is 5.69. The Morgan fingerprint density at radius 1 is 1.21 bits per heavy atom. The fourth-order valence-electron chi connectivity index (χ4n) is 2.62. The topological polar surface area (TPSA) is 128 Å². The summed E-state index contributed by atoms with van der Waals surface area (Å²) in [6, 6.07) is 10.3. The number of carbonyl (C=O) groups is 2. The van der Waals surface area contributed by atoms with Crippen LogP contribution >= 0.6 is 11.6 Å². The van der Waals surface area contributed by atoms with Gasteiger partial charge in [0.25, 0.3) is 0 Å². The SMILES string of the molecule is COc1ccc(NC(=O)C[C@@H](NC(C)=O)c2ccccc2Cl)cc1S(N)(=O)=O. The van der Waals surface area contributed by atoms with Crippen LogP contribution in [0, 0.1) is 0 Å². The molecule has 0 aliphatic heterocycles. The van der Waals surface area contributed by atoms with E-state index in [0.29, 0.717) is 10.6 Å². The third-order valence-electron chi connectivity index (χ3n) is 3.80. The zero-order valence-electron chi connectivity index (χ0n) is 15.2. The van der Waals surface area contributed by atoms with Gasteiger partial charge in [-0.1, -0.05) is 29.8 Å². The molecule has 10 heteroatoms. The van der Waals surface area contributed by atoms with Crippen LogP contribution in [0.1, 0.15) is 24.9 Å². The fourth-order valence-corrected chi connectivity index (χ4v) is 3.61. The van der Waals surface area contributed by atoms with Crippen molar-refractivity contribution in [2.45, 2.75) is 24.3 Å². The number of amides is 2. The first kappa shape index (κ1) is 21.7. The van der Waals surface area contributed by atoms with E-state index < -0.39 is 22.0 Å². The quantitative estimate of drug-likeness (QED) is 0.626. The number of sulfonamides is 1. The zero-order chi connectivity index (χ0) is 20.9. The lowest BCUT2D eigenvalue weighted by molar-refractivity contribution is -0.120. The van der Waals surface area contributed by atoms with E-state index in [2.05, 4.69) is 10.6 Å². The highest BCUT2D eigenvalue weighted by molar-refractivity contribution is 7.89. The number of carbonyl (C=O) groups excluding carboxylic acids is 2. The van der Waals surface area contributed by atoms with Crippen molar-refractivity contribution < 1.29 is 22.7 Å². The highest BCUT2D eigenvalue weighted by Gasteiger charge is 2.21. The van der Waals surface area contributed by atoms with Gasteiger partial charge in [0.05, 0.1) is 19.6 Å². The Hall–Kier alpha value is -2.62. The normalized spacial score (nSPS) is 12.1. The summed E-state index contributed by atoms with van der Waals surface area (Å²) >= 11 is 6.17. The van der Waals surface area contributed by atoms with E-state index in [9.17, 15) is 18.0 Å². The van der Waals surface area contributed by atoms with Crippen molar-refractivity contribution in [3.63, 3.8) is 0 Å². The number of primary sulfonamides is 1. The Morgan fingerprint density at radius 3 is 2.46 bits per heavy atom. The number of anilines is 1. The van der Waals surface area contributed by atoms with Crippen molar-refractivity contribution in [2.24, 2.45) is 5.14 Å². The molecule has 4 N–H and O–H groups in total. The van der Waals surface area contributed by atoms with Crippen LogP contribution in [0.3, 0.4) is 0 Å². The highest BCUT2D eigenvalue weighted by Crippen LogP contribution is 2.28. The van der Waals surface area contributed by atoms with Gasteiger partial charge in [0, 0.05) is 17.6 Å². The highest BCUT2D eigenvalue weighted by atomic mass is 35.5. The van der Waals surface area contributed by atoms with Gasteiger partial charge in [-0.3, -0.25) is 9.59 Å². The predicted octanol–water partition coefficient (Wildman–Crippen LogP) is 2.20. The second kappa shape index (κ2) is 9.05. The van der Waals surface area contributed by atoms with Crippen LogP contribution in [-0.2, 0) is 19.6 Å². The van der Waals surface area contributed by atoms with Crippen LogP contribution in [0.25, 0.3) is 0 Å². The minimum Gasteiger partial charge on any atom is -0.495 e. The molecule has 8 nitrogen and oxygen atoms in total. The summed E-state index contributed by atoms with van der Waals surface area (Å²) in [7, 11) is -2.73. The molecule has 0 unspecified atom stereocenters. The van der Waals surface area contributed by atoms with Crippen molar-refractivity contribution >= 4 is 39.1 Å². The summed E-state index contributed by atoms with van der Waals surface area (Å²) in [6.45, 7) is 1.34. The van der Waals surface area contributed by atoms with E-state index in [1.807, 2.05) is 0 Å². The van der Waals surface area contributed by atoms with Gasteiger partial charge in [-0.05, 0) is 29.8 Å². The van der Waals surface area contributed by atoms with Crippen LogP contribution in [0.5, 0.6) is 5.75 Å². The van der Waals surface area contributed by atoms with E-state index in [1.54, 1.807) is 24.3 Å². The maximum Gasteiger partial charge on any atom is 0.241 e. The molecule has 0 spiro atoms. The molecule has 0 saturated heterocycles. The van der Waals surface area contributed by atoms with Gasteiger partial charge < -0.3 is 15.4 Å². The van der Waals surface area contributed by atoms with E-state index in [1.165, 1.54) is 32.2 Å². The van der Waals surface area contributed by atoms with Crippen molar-refractivity contribution in [3.8, 4) is 5.75 Å². The molecule has 2 aromatic rings. The van der Waals surface area contributed by atoms with Crippen molar-refractivity contribution in [2.75, 3.05) is 12.4 Å². The molecule has 0 aliphatic carbocycles. The molecule has 1 atom stereocenters. The van der Waals surface area contributed by atoms with Gasteiger partial charge in [0.2, 0.25) is 21.8 Å². The number of hydrogen-bond acceptors (Lipinski definition) is 5. The van der Waals surface area contributed by atoms with E-state index in [-0.39, 0.29) is 28.7 Å². The molecule has 0 saturated carbocycles. The first-order chi connectivity index (χ1) is 13.1. The number of hydrogen-bond donors (Lipinski definition) is 3. The first-order valence-electron chi connectivity index (χ1n) is 8.14. The number of nitrogens with two attached hydrogens (primary N) is 1. The molecule has 0 aliphatic rings. The Balaban J connectivity index is 2.23. The molecule has 2 aromatic carbocycles. The lowest BCUT2D eigenvalue weighted by Crippen LogP contribution is -2.30. The molecule has 0 fully saturated rings. The van der Waals surface area contributed by atoms with Crippen molar-refractivity contribution in [1.29, 1.82) is 0 Å². The third-order valence-corrected chi connectivity index (χ3v) is 5.08. The number of benzene rings is 2. The standard InChI is InChI=1S/C18H20ClN3O5S/c1-11(23)21-15(13-5-3-4-6-14(13)19)10-18(24)22-12-7-8-16(27-2)17(9-12)28(20,25)26/h3-9,15H,10H2,1-2H3,(H,21,23)(H,22,24)(H2,20,25,26)/t15-/m1/s1. The van der Waals surface area contributed by atoms with Gasteiger partial charge in [-0.2, -0.15) is 0 Å². The van der Waals surface area contributed by atoms with Gasteiger partial charge in [-0.25, -0.2) is 13.6 Å². The molecule has 0 radical (unpaired) electrons. The molecular formula is C18H20ClN3O5S. The maximum absolute atomic E-state index is 12.5. The van der Waals surface area contributed by atoms with E-state index in [4.69, 9.17) is 21.5 Å².